The summed E-state index contributed by atoms with van der Waals surface area (Å²) in [6.45, 7) is 1.22. The van der Waals surface area contributed by atoms with Crippen LogP contribution in [0.1, 0.15) is 53.6 Å². The Balaban J connectivity index is 1.25. The van der Waals surface area contributed by atoms with Crippen LogP contribution in [0.2, 0.25) is 0 Å². The Hall–Kier alpha value is -3.19. The molecule has 7 nitrogen and oxygen atoms in total. The summed E-state index contributed by atoms with van der Waals surface area (Å²) in [5.74, 6) is 0.284. The molecule has 0 spiro atoms. The lowest BCUT2D eigenvalue weighted by Crippen LogP contribution is -2.82. The molecule has 166 valence electrons. The molecule has 0 aromatic heterocycles. The summed E-state index contributed by atoms with van der Waals surface area (Å²) < 4.78 is 6.35. The lowest BCUT2D eigenvalue weighted by atomic mass is 10.1. The van der Waals surface area contributed by atoms with Crippen LogP contribution in [0.3, 0.4) is 0 Å². The molecule has 5 rings (SSSR count). The molecule has 3 N–H and O–H groups in total. The Morgan fingerprint density at radius 3 is 2.75 bits per heavy atom. The number of aliphatic hydroxyl groups excluding tert-OH is 1. The molecule has 1 unspecified atom stereocenters. The van der Waals surface area contributed by atoms with Crippen LogP contribution in [0.15, 0.2) is 48.5 Å². The molecule has 2 aromatic rings. The molecule has 0 bridgehead atoms. The van der Waals surface area contributed by atoms with Gasteiger partial charge in [0.2, 0.25) is 0 Å². The van der Waals surface area contributed by atoms with Crippen molar-refractivity contribution in [1.82, 2.24) is 10.2 Å². The largest absolute Gasteiger partial charge is 0.489 e. The number of benzene rings is 2. The highest BCUT2D eigenvalue weighted by molar-refractivity contribution is 6.01. The minimum atomic E-state index is -0.488. The Morgan fingerprint density at radius 1 is 1.09 bits per heavy atom. The van der Waals surface area contributed by atoms with E-state index in [1.165, 1.54) is 5.56 Å². The fourth-order valence-electron chi connectivity index (χ4n) is 4.96. The molecule has 0 saturated heterocycles. The highest BCUT2D eigenvalue weighted by atomic mass is 16.5. The number of hydrogen-bond acceptors (Lipinski definition) is 4. The first-order valence-electron chi connectivity index (χ1n) is 11.3. The van der Waals surface area contributed by atoms with Gasteiger partial charge >= 0.3 is 11.8 Å². The molecular weight excluding hydrogens is 406 g/mol. The fraction of sp³-hybridized carbons (Fsp3) is 0.400. The van der Waals surface area contributed by atoms with Crippen molar-refractivity contribution in [1.29, 1.82) is 0 Å². The lowest BCUT2D eigenvalue weighted by molar-refractivity contribution is -0.394. The molecule has 3 aliphatic rings. The maximum atomic E-state index is 12.9. The Morgan fingerprint density at radius 2 is 1.94 bits per heavy atom. The van der Waals surface area contributed by atoms with Gasteiger partial charge in [0.05, 0.1) is 6.42 Å². The second-order valence-corrected chi connectivity index (χ2v) is 8.80. The molecule has 1 aliphatic carbocycles. The van der Waals surface area contributed by atoms with Crippen LogP contribution in [0.4, 0.5) is 0 Å². The third-order valence-corrected chi connectivity index (χ3v) is 6.66. The second-order valence-electron chi connectivity index (χ2n) is 8.80. The van der Waals surface area contributed by atoms with Gasteiger partial charge in [0, 0.05) is 24.7 Å². The van der Waals surface area contributed by atoms with E-state index in [0.29, 0.717) is 31.0 Å². The van der Waals surface area contributed by atoms with Crippen LogP contribution < -0.4 is 15.0 Å². The van der Waals surface area contributed by atoms with Gasteiger partial charge in [-0.1, -0.05) is 30.3 Å². The van der Waals surface area contributed by atoms with Crippen molar-refractivity contribution in [3.8, 4) is 5.75 Å². The number of hydrogen-bond donors (Lipinski definition) is 3. The molecular formula is C25H28N3O4+. The van der Waals surface area contributed by atoms with E-state index in [1.54, 1.807) is 4.90 Å². The molecule has 2 amide bonds. The van der Waals surface area contributed by atoms with E-state index in [9.17, 15) is 14.7 Å². The van der Waals surface area contributed by atoms with Gasteiger partial charge in [0.1, 0.15) is 11.9 Å². The van der Waals surface area contributed by atoms with Crippen molar-refractivity contribution in [2.45, 2.75) is 63.4 Å². The lowest BCUT2D eigenvalue weighted by Gasteiger charge is -2.24. The number of fused-ring (bicyclic) bond motifs is 1. The molecule has 2 aromatic carbocycles. The van der Waals surface area contributed by atoms with Crippen molar-refractivity contribution in [2.24, 2.45) is 0 Å². The van der Waals surface area contributed by atoms with E-state index in [4.69, 9.17) is 4.74 Å². The highest BCUT2D eigenvalue weighted by Gasteiger charge is 2.41. The van der Waals surface area contributed by atoms with E-state index in [2.05, 4.69) is 22.4 Å². The second kappa shape index (κ2) is 8.74. The molecule has 0 radical (unpaired) electrons. The van der Waals surface area contributed by atoms with Gasteiger partial charge in [0.25, 0.3) is 5.91 Å². The fourth-order valence-corrected chi connectivity index (χ4v) is 4.96. The Bertz CT molecular complexity index is 1050. The van der Waals surface area contributed by atoms with E-state index in [-0.39, 0.29) is 23.8 Å². The minimum absolute atomic E-state index is 0.0934. The number of nitrogens with zero attached hydrogens (tertiary/aromatic N) is 1. The van der Waals surface area contributed by atoms with Crippen molar-refractivity contribution in [2.75, 3.05) is 0 Å². The standard InChI is InChI=1S/C25H27N3O4/c29-23-12-11-21(24(30)27-23)28-15-17-13-18(9-10-19(17)25(28)31)32-22-8-4-7-20(22)26-14-16-5-2-1-3-6-16/h1-3,5-6,9-10,13,20-22,26H,4,7-8,11-12,14-15H2,(H,27,29,30)/p+1/t20-,21?,22-/m1/s1. The van der Waals surface area contributed by atoms with Crippen molar-refractivity contribution >= 4 is 17.7 Å². The van der Waals surface area contributed by atoms with Gasteiger partial charge in [-0.2, -0.15) is 0 Å². The summed E-state index contributed by atoms with van der Waals surface area (Å²) >= 11 is 0. The van der Waals surface area contributed by atoms with E-state index in [0.717, 1.165) is 37.1 Å². The summed E-state index contributed by atoms with van der Waals surface area (Å²) in [6, 6.07) is 15.8. The summed E-state index contributed by atoms with van der Waals surface area (Å²) in [6.07, 6.45) is 4.02. The first-order chi connectivity index (χ1) is 15.6. The number of amides is 2. The molecule has 1 fully saturated rings. The van der Waals surface area contributed by atoms with Gasteiger partial charge in [-0.25, -0.2) is 4.79 Å². The topological polar surface area (TPSA) is 92.8 Å². The van der Waals surface area contributed by atoms with Crippen LogP contribution in [-0.2, 0) is 17.9 Å². The van der Waals surface area contributed by atoms with Crippen LogP contribution in [0.25, 0.3) is 0 Å². The molecule has 32 heavy (non-hydrogen) atoms. The zero-order valence-corrected chi connectivity index (χ0v) is 17.9. The number of carbonyl (C=O) groups is 2. The zero-order chi connectivity index (χ0) is 22.1. The van der Waals surface area contributed by atoms with Gasteiger partial charge in [-0.15, -0.1) is 4.99 Å². The molecule has 2 heterocycles. The minimum Gasteiger partial charge on any atom is -0.489 e. The van der Waals surface area contributed by atoms with Gasteiger partial charge in [-0.05, 0) is 55.0 Å². The molecule has 3 atom stereocenters. The van der Waals surface area contributed by atoms with Crippen molar-refractivity contribution in [3.05, 3.63) is 65.2 Å². The van der Waals surface area contributed by atoms with Gasteiger partial charge in [-0.3, -0.25) is 4.79 Å². The maximum absolute atomic E-state index is 12.9. The number of ether oxygens (including phenoxy) is 1. The van der Waals surface area contributed by atoms with E-state index >= 15 is 0 Å². The molecule has 7 heteroatoms. The summed E-state index contributed by atoms with van der Waals surface area (Å²) in [4.78, 5) is 28.4. The normalized spacial score (nSPS) is 25.1. The summed E-state index contributed by atoms with van der Waals surface area (Å²) in [5, 5.41) is 13.8. The molecule has 2 aliphatic heterocycles. The first kappa shape index (κ1) is 20.7. The van der Waals surface area contributed by atoms with E-state index < -0.39 is 6.04 Å². The third kappa shape index (κ3) is 4.12. The number of nitrogens with one attached hydrogen (secondary N) is 2. The summed E-state index contributed by atoms with van der Waals surface area (Å²) in [5.41, 5.74) is 2.78. The predicted molar refractivity (Wildman–Crippen MR) is 118 cm³/mol. The zero-order valence-electron chi connectivity index (χ0n) is 17.9. The third-order valence-electron chi connectivity index (χ3n) is 6.66. The Kier molecular flexibility index (Phi) is 5.66. The van der Waals surface area contributed by atoms with Gasteiger partial charge in [0.15, 0.2) is 6.04 Å². The molecule has 1 saturated carbocycles. The maximum Gasteiger partial charge on any atom is 0.388 e. The van der Waals surface area contributed by atoms with Crippen molar-refractivity contribution in [3.63, 3.8) is 0 Å². The van der Waals surface area contributed by atoms with Crippen LogP contribution >= 0.6 is 0 Å². The summed E-state index contributed by atoms with van der Waals surface area (Å²) in [7, 11) is 0. The van der Waals surface area contributed by atoms with E-state index in [1.807, 2.05) is 36.4 Å². The number of rotatable bonds is 6. The van der Waals surface area contributed by atoms with Crippen LogP contribution in [-0.4, -0.2) is 45.9 Å². The Labute approximate surface area is 187 Å². The quantitative estimate of drug-likeness (QED) is 0.640. The SMILES string of the molecule is O=C1CCC(N2Cc3cc(O[C@@H]4CCC[C@H]4NCc4ccccc4)ccc3C2=O)C(O)=[NH+]1. The predicted octanol–water partition coefficient (Wildman–Crippen LogP) is 1.46. The monoisotopic (exact) mass is 434 g/mol. The number of carbonyl (C=O) groups excluding carboxylic acids is 2. The smallest absolute Gasteiger partial charge is 0.388 e. The highest BCUT2D eigenvalue weighted by Crippen LogP contribution is 2.31. The average Bonchev–Trinajstić information content (AvgIpc) is 3.37. The van der Waals surface area contributed by atoms with Gasteiger partial charge < -0.3 is 20.1 Å². The average molecular weight is 435 g/mol. The number of aliphatic hydroxyl groups is 1. The first-order valence-corrected chi connectivity index (χ1v) is 11.3. The van der Waals surface area contributed by atoms with Crippen molar-refractivity contribution < 1.29 is 24.4 Å². The van der Waals surface area contributed by atoms with Crippen LogP contribution in [0.5, 0.6) is 5.75 Å². The van der Waals surface area contributed by atoms with Crippen LogP contribution in [0, 0.1) is 0 Å².